The summed E-state index contributed by atoms with van der Waals surface area (Å²) in [5.41, 5.74) is 1.09. The van der Waals surface area contributed by atoms with E-state index in [0.717, 1.165) is 28.6 Å². The van der Waals surface area contributed by atoms with Crippen LogP contribution in [0.4, 0.5) is 0 Å². The molecule has 1 heterocycles. The van der Waals surface area contributed by atoms with Crippen LogP contribution in [0.1, 0.15) is 31.4 Å². The fourth-order valence-corrected chi connectivity index (χ4v) is 3.73. The summed E-state index contributed by atoms with van der Waals surface area (Å²) in [4.78, 5) is 0. The topological polar surface area (TPSA) is 67.4 Å². The van der Waals surface area contributed by atoms with Crippen molar-refractivity contribution in [3.05, 3.63) is 28.2 Å². The number of halogens is 1. The normalized spacial score (nSPS) is 18.7. The van der Waals surface area contributed by atoms with Crippen LogP contribution < -0.4 is 14.8 Å². The maximum Gasteiger partial charge on any atom is 0.212 e. The average molecular weight is 377 g/mol. The molecule has 21 heavy (non-hydrogen) atoms. The van der Waals surface area contributed by atoms with Crippen molar-refractivity contribution in [3.8, 4) is 5.75 Å². The van der Waals surface area contributed by atoms with Gasteiger partial charge < -0.3 is 10.1 Å². The summed E-state index contributed by atoms with van der Waals surface area (Å²) in [5, 5.41) is 3.34. The van der Waals surface area contributed by atoms with Gasteiger partial charge in [0.1, 0.15) is 5.75 Å². The Hall–Kier alpha value is -0.630. The molecule has 1 aliphatic heterocycles. The van der Waals surface area contributed by atoms with Crippen molar-refractivity contribution in [2.75, 3.05) is 25.4 Å². The summed E-state index contributed by atoms with van der Waals surface area (Å²) in [6.45, 7) is 3.32. The van der Waals surface area contributed by atoms with Gasteiger partial charge in [0.2, 0.25) is 10.0 Å². The van der Waals surface area contributed by atoms with Crippen molar-refractivity contribution < 1.29 is 13.2 Å². The molecule has 1 atom stereocenters. The van der Waals surface area contributed by atoms with Gasteiger partial charge in [-0.3, -0.25) is 0 Å². The van der Waals surface area contributed by atoms with Crippen LogP contribution in [0.25, 0.3) is 0 Å². The zero-order valence-corrected chi connectivity index (χ0v) is 14.5. The van der Waals surface area contributed by atoms with Gasteiger partial charge in [-0.05, 0) is 25.0 Å². The predicted molar refractivity (Wildman–Crippen MR) is 87.1 cm³/mol. The van der Waals surface area contributed by atoms with Crippen molar-refractivity contribution in [2.45, 2.75) is 25.8 Å². The van der Waals surface area contributed by atoms with E-state index in [4.69, 9.17) is 4.74 Å². The first-order valence-corrected chi connectivity index (χ1v) is 9.59. The standard InChI is InChI=1S/C14H21BrN2O3S/c1-2-17-21(18,19)9-7-16-13-4-3-8-20-14-10-11(15)5-6-12(13)14/h5-6,10,13,16-17H,2-4,7-9H2,1H3. The SMILES string of the molecule is CCNS(=O)(=O)CCNC1CCCOc2cc(Br)ccc21. The van der Waals surface area contributed by atoms with Gasteiger partial charge in [0.15, 0.2) is 0 Å². The monoisotopic (exact) mass is 376 g/mol. The van der Waals surface area contributed by atoms with E-state index >= 15 is 0 Å². The molecule has 0 aromatic heterocycles. The van der Waals surface area contributed by atoms with Crippen LogP contribution in [-0.4, -0.2) is 33.9 Å². The maximum atomic E-state index is 11.6. The minimum atomic E-state index is -3.18. The number of sulfonamides is 1. The van der Waals surface area contributed by atoms with E-state index in [9.17, 15) is 8.42 Å². The minimum absolute atomic E-state index is 0.0874. The van der Waals surface area contributed by atoms with Crippen LogP contribution in [0, 0.1) is 0 Å². The molecular formula is C14H21BrN2O3S. The van der Waals surface area contributed by atoms with Crippen molar-refractivity contribution in [1.29, 1.82) is 0 Å². The molecule has 2 N–H and O–H groups in total. The molecule has 118 valence electrons. The van der Waals surface area contributed by atoms with Gasteiger partial charge in [-0.2, -0.15) is 0 Å². The molecule has 0 saturated carbocycles. The molecule has 0 saturated heterocycles. The summed E-state index contributed by atoms with van der Waals surface area (Å²) in [6.07, 6.45) is 1.89. The Morgan fingerprint density at radius 3 is 3.00 bits per heavy atom. The highest BCUT2D eigenvalue weighted by Crippen LogP contribution is 2.33. The predicted octanol–water partition coefficient (Wildman–Crippen LogP) is 2.19. The molecule has 5 nitrogen and oxygen atoms in total. The zero-order valence-electron chi connectivity index (χ0n) is 12.1. The maximum absolute atomic E-state index is 11.6. The molecule has 0 amide bonds. The van der Waals surface area contributed by atoms with Gasteiger partial charge >= 0.3 is 0 Å². The molecule has 1 aliphatic rings. The van der Waals surface area contributed by atoms with Gasteiger partial charge in [-0.15, -0.1) is 0 Å². The Balaban J connectivity index is 2.01. The Morgan fingerprint density at radius 2 is 2.24 bits per heavy atom. The third-order valence-corrected chi connectivity index (χ3v) is 5.33. The van der Waals surface area contributed by atoms with Gasteiger partial charge in [0.25, 0.3) is 0 Å². The third kappa shape index (κ3) is 4.95. The summed E-state index contributed by atoms with van der Waals surface area (Å²) in [6, 6.07) is 6.11. The van der Waals surface area contributed by atoms with Crippen molar-refractivity contribution >= 4 is 26.0 Å². The van der Waals surface area contributed by atoms with Gasteiger partial charge in [0, 0.05) is 29.2 Å². The molecule has 1 unspecified atom stereocenters. The lowest BCUT2D eigenvalue weighted by atomic mass is 10.0. The number of hydrogen-bond donors (Lipinski definition) is 2. The Labute approximate surface area is 134 Å². The van der Waals surface area contributed by atoms with Crippen LogP contribution in [0.5, 0.6) is 5.75 Å². The van der Waals surface area contributed by atoms with Crippen LogP contribution in [0.3, 0.4) is 0 Å². The molecule has 0 aliphatic carbocycles. The molecular weight excluding hydrogens is 356 g/mol. The van der Waals surface area contributed by atoms with E-state index in [-0.39, 0.29) is 11.8 Å². The van der Waals surface area contributed by atoms with E-state index in [1.165, 1.54) is 0 Å². The van der Waals surface area contributed by atoms with Crippen LogP contribution >= 0.6 is 15.9 Å². The molecule has 2 rings (SSSR count). The highest BCUT2D eigenvalue weighted by Gasteiger charge is 2.20. The smallest absolute Gasteiger partial charge is 0.212 e. The lowest BCUT2D eigenvalue weighted by molar-refractivity contribution is 0.315. The van der Waals surface area contributed by atoms with E-state index in [0.29, 0.717) is 19.7 Å². The van der Waals surface area contributed by atoms with Crippen molar-refractivity contribution in [2.24, 2.45) is 0 Å². The first-order valence-electron chi connectivity index (χ1n) is 7.15. The van der Waals surface area contributed by atoms with Gasteiger partial charge in [0.05, 0.1) is 12.4 Å². The quantitative estimate of drug-likeness (QED) is 0.798. The van der Waals surface area contributed by atoms with Crippen molar-refractivity contribution in [3.63, 3.8) is 0 Å². The van der Waals surface area contributed by atoms with Gasteiger partial charge in [-0.25, -0.2) is 13.1 Å². The molecule has 1 aromatic carbocycles. The molecule has 7 heteroatoms. The summed E-state index contributed by atoms with van der Waals surface area (Å²) in [5.74, 6) is 0.957. The number of rotatable bonds is 6. The number of benzene rings is 1. The van der Waals surface area contributed by atoms with E-state index < -0.39 is 10.0 Å². The molecule has 0 spiro atoms. The molecule has 1 aromatic rings. The average Bonchev–Trinajstić information content (AvgIpc) is 2.60. The molecule has 0 radical (unpaired) electrons. The minimum Gasteiger partial charge on any atom is -0.493 e. The number of ether oxygens (including phenoxy) is 1. The zero-order chi connectivity index (χ0) is 15.3. The Kier molecular flexibility index (Phi) is 6.04. The largest absolute Gasteiger partial charge is 0.493 e. The second-order valence-electron chi connectivity index (χ2n) is 5.00. The number of nitrogens with one attached hydrogen (secondary N) is 2. The fraction of sp³-hybridized carbons (Fsp3) is 0.571. The highest BCUT2D eigenvalue weighted by atomic mass is 79.9. The first kappa shape index (κ1) is 16.7. The second-order valence-corrected chi connectivity index (χ2v) is 7.84. The summed E-state index contributed by atoms with van der Waals surface area (Å²) < 4.78 is 32.5. The fourth-order valence-electron chi connectivity index (χ4n) is 2.42. The Morgan fingerprint density at radius 1 is 1.43 bits per heavy atom. The van der Waals surface area contributed by atoms with Crippen LogP contribution in [0.2, 0.25) is 0 Å². The van der Waals surface area contributed by atoms with Crippen LogP contribution in [-0.2, 0) is 10.0 Å². The molecule has 0 bridgehead atoms. The van der Waals surface area contributed by atoms with E-state index in [2.05, 4.69) is 26.0 Å². The summed E-state index contributed by atoms with van der Waals surface area (Å²) >= 11 is 3.44. The lowest BCUT2D eigenvalue weighted by Gasteiger charge is -2.18. The first-order chi connectivity index (χ1) is 10.0. The van der Waals surface area contributed by atoms with Crippen molar-refractivity contribution in [1.82, 2.24) is 10.0 Å². The van der Waals surface area contributed by atoms with E-state index in [1.807, 2.05) is 18.2 Å². The van der Waals surface area contributed by atoms with Crippen LogP contribution in [0.15, 0.2) is 22.7 Å². The molecule has 0 fully saturated rings. The number of hydrogen-bond acceptors (Lipinski definition) is 4. The van der Waals surface area contributed by atoms with E-state index in [1.54, 1.807) is 6.92 Å². The second kappa shape index (κ2) is 7.58. The van der Waals surface area contributed by atoms with Gasteiger partial charge in [-0.1, -0.05) is 28.9 Å². The third-order valence-electron chi connectivity index (χ3n) is 3.37. The number of fused-ring (bicyclic) bond motifs is 1. The highest BCUT2D eigenvalue weighted by molar-refractivity contribution is 9.10. The summed E-state index contributed by atoms with van der Waals surface area (Å²) in [7, 11) is -3.18. The lowest BCUT2D eigenvalue weighted by Crippen LogP contribution is -2.33. The Bertz CT molecular complexity index is 578.